The molecule has 33 heavy (non-hydrogen) atoms. The quantitative estimate of drug-likeness (QED) is 0.449. The van der Waals surface area contributed by atoms with E-state index >= 15 is 0 Å². The monoisotopic (exact) mass is 459 g/mol. The van der Waals surface area contributed by atoms with Crippen molar-refractivity contribution in [3.8, 4) is 0 Å². The summed E-state index contributed by atoms with van der Waals surface area (Å²) in [5.41, 5.74) is -0.317. The standard InChI is InChI=1S/C22H17F4N5O2/c23-17-6-4-14(5-7-17)12-30-13-28-19-18(21(30)33)11-29-31(19)9-8-27-20(32)15-2-1-3-16(10-15)22(24,25)26/h1-7,10-11,13H,8-9,12H2,(H,27,32). The third kappa shape index (κ3) is 4.92. The minimum absolute atomic E-state index is 0.0617. The van der Waals surface area contributed by atoms with Gasteiger partial charge in [0.05, 0.1) is 24.8 Å². The maximum Gasteiger partial charge on any atom is 0.416 e. The number of hydrogen-bond donors (Lipinski definition) is 1. The number of amides is 1. The van der Waals surface area contributed by atoms with E-state index in [4.69, 9.17) is 0 Å². The number of carbonyl (C=O) groups is 1. The van der Waals surface area contributed by atoms with E-state index in [1.165, 1.54) is 46.0 Å². The number of alkyl halides is 3. The number of halogens is 4. The predicted octanol–water partition coefficient (Wildman–Crippen LogP) is 3.23. The first kappa shape index (κ1) is 22.2. The summed E-state index contributed by atoms with van der Waals surface area (Å²) in [6.07, 6.45) is -1.83. The zero-order chi connectivity index (χ0) is 23.6. The van der Waals surface area contributed by atoms with Crippen molar-refractivity contribution in [3.05, 3.63) is 93.9 Å². The number of nitrogens with zero attached hydrogens (tertiary/aromatic N) is 4. The molecular weight excluding hydrogens is 442 g/mol. The van der Waals surface area contributed by atoms with Crippen LogP contribution in [0.5, 0.6) is 0 Å². The minimum atomic E-state index is -4.54. The van der Waals surface area contributed by atoms with Gasteiger partial charge < -0.3 is 5.32 Å². The Kier molecular flexibility index (Phi) is 5.95. The van der Waals surface area contributed by atoms with Crippen molar-refractivity contribution in [2.75, 3.05) is 6.54 Å². The molecule has 0 spiro atoms. The Bertz CT molecular complexity index is 1360. The summed E-state index contributed by atoms with van der Waals surface area (Å²) < 4.78 is 54.3. The van der Waals surface area contributed by atoms with E-state index in [1.54, 1.807) is 12.1 Å². The lowest BCUT2D eigenvalue weighted by Crippen LogP contribution is -2.28. The molecule has 4 rings (SSSR count). The number of aromatic nitrogens is 4. The van der Waals surface area contributed by atoms with Gasteiger partial charge in [0, 0.05) is 12.1 Å². The minimum Gasteiger partial charge on any atom is -0.350 e. The first-order chi connectivity index (χ1) is 15.7. The lowest BCUT2D eigenvalue weighted by Gasteiger charge is -2.10. The molecule has 1 N–H and O–H groups in total. The maximum atomic E-state index is 13.1. The summed E-state index contributed by atoms with van der Waals surface area (Å²) in [4.78, 5) is 29.2. The molecule has 7 nitrogen and oxygen atoms in total. The van der Waals surface area contributed by atoms with E-state index in [0.29, 0.717) is 5.65 Å². The van der Waals surface area contributed by atoms with Gasteiger partial charge in [-0.3, -0.25) is 14.2 Å². The molecule has 2 aromatic carbocycles. The Balaban J connectivity index is 1.43. The molecule has 0 unspecified atom stereocenters. The van der Waals surface area contributed by atoms with Crippen LogP contribution in [-0.2, 0) is 19.3 Å². The number of carbonyl (C=O) groups excluding carboxylic acids is 1. The van der Waals surface area contributed by atoms with Crippen molar-refractivity contribution in [1.82, 2.24) is 24.6 Å². The van der Waals surface area contributed by atoms with Crippen molar-refractivity contribution < 1.29 is 22.4 Å². The van der Waals surface area contributed by atoms with Crippen LogP contribution in [0.25, 0.3) is 11.0 Å². The fourth-order valence-electron chi connectivity index (χ4n) is 3.27. The third-order valence-electron chi connectivity index (χ3n) is 4.95. The molecule has 2 heterocycles. The van der Waals surface area contributed by atoms with Crippen molar-refractivity contribution in [2.24, 2.45) is 0 Å². The van der Waals surface area contributed by atoms with Crippen molar-refractivity contribution in [2.45, 2.75) is 19.3 Å². The third-order valence-corrected chi connectivity index (χ3v) is 4.95. The second-order valence-corrected chi connectivity index (χ2v) is 7.24. The second kappa shape index (κ2) is 8.85. The average Bonchev–Trinajstić information content (AvgIpc) is 3.20. The zero-order valence-electron chi connectivity index (χ0n) is 17.0. The molecule has 0 saturated carbocycles. The molecule has 0 fully saturated rings. The zero-order valence-corrected chi connectivity index (χ0v) is 17.0. The van der Waals surface area contributed by atoms with E-state index in [-0.39, 0.29) is 42.0 Å². The smallest absolute Gasteiger partial charge is 0.350 e. The highest BCUT2D eigenvalue weighted by atomic mass is 19.4. The predicted molar refractivity (Wildman–Crippen MR) is 111 cm³/mol. The molecule has 0 aliphatic rings. The average molecular weight is 459 g/mol. The van der Waals surface area contributed by atoms with Gasteiger partial charge in [0.2, 0.25) is 0 Å². The van der Waals surface area contributed by atoms with Crippen LogP contribution in [0, 0.1) is 5.82 Å². The summed E-state index contributed by atoms with van der Waals surface area (Å²) >= 11 is 0. The fraction of sp³-hybridized carbons (Fsp3) is 0.182. The molecule has 4 aromatic rings. The van der Waals surface area contributed by atoms with Crippen LogP contribution < -0.4 is 10.9 Å². The molecule has 0 aliphatic carbocycles. The summed E-state index contributed by atoms with van der Waals surface area (Å²) in [6, 6.07) is 9.88. The Morgan fingerprint density at radius 3 is 2.58 bits per heavy atom. The van der Waals surface area contributed by atoms with Gasteiger partial charge in [-0.1, -0.05) is 18.2 Å². The van der Waals surface area contributed by atoms with Gasteiger partial charge in [-0.25, -0.2) is 14.1 Å². The molecule has 1 amide bonds. The fourth-order valence-corrected chi connectivity index (χ4v) is 3.27. The van der Waals surface area contributed by atoms with E-state index in [2.05, 4.69) is 15.4 Å². The first-order valence-corrected chi connectivity index (χ1v) is 9.83. The topological polar surface area (TPSA) is 81.8 Å². The number of rotatable bonds is 6. The van der Waals surface area contributed by atoms with E-state index in [0.717, 1.165) is 17.7 Å². The Morgan fingerprint density at radius 1 is 1.09 bits per heavy atom. The highest BCUT2D eigenvalue weighted by molar-refractivity contribution is 5.94. The van der Waals surface area contributed by atoms with Gasteiger partial charge in [-0.05, 0) is 35.9 Å². The van der Waals surface area contributed by atoms with Crippen LogP contribution in [0.3, 0.4) is 0 Å². The van der Waals surface area contributed by atoms with Crippen molar-refractivity contribution in [1.29, 1.82) is 0 Å². The lowest BCUT2D eigenvalue weighted by atomic mass is 10.1. The van der Waals surface area contributed by atoms with Crippen LogP contribution in [0.1, 0.15) is 21.5 Å². The molecule has 0 saturated heterocycles. The SMILES string of the molecule is O=C(NCCn1ncc2c(=O)n(Cc3ccc(F)cc3)cnc21)c1cccc(C(F)(F)F)c1. The van der Waals surface area contributed by atoms with E-state index in [9.17, 15) is 27.2 Å². The molecule has 0 atom stereocenters. The largest absolute Gasteiger partial charge is 0.416 e. The number of benzene rings is 2. The molecule has 11 heteroatoms. The normalized spacial score (nSPS) is 11.6. The van der Waals surface area contributed by atoms with Crippen LogP contribution in [0.2, 0.25) is 0 Å². The van der Waals surface area contributed by atoms with Crippen molar-refractivity contribution >= 4 is 16.9 Å². The van der Waals surface area contributed by atoms with Gasteiger partial charge in [0.25, 0.3) is 11.5 Å². The number of nitrogens with one attached hydrogen (secondary N) is 1. The molecule has 2 aromatic heterocycles. The second-order valence-electron chi connectivity index (χ2n) is 7.24. The summed E-state index contributed by atoms with van der Waals surface area (Å²) in [6.45, 7) is 0.426. The van der Waals surface area contributed by atoms with Gasteiger partial charge in [0.1, 0.15) is 17.5 Å². The van der Waals surface area contributed by atoms with Crippen molar-refractivity contribution in [3.63, 3.8) is 0 Å². The van der Waals surface area contributed by atoms with Crippen LogP contribution in [0.15, 0.2) is 65.8 Å². The van der Waals surface area contributed by atoms with Gasteiger partial charge in [-0.2, -0.15) is 18.3 Å². The maximum absolute atomic E-state index is 13.1. The Labute approximate surface area is 184 Å². The van der Waals surface area contributed by atoms with E-state index in [1.807, 2.05) is 0 Å². The van der Waals surface area contributed by atoms with Gasteiger partial charge >= 0.3 is 6.18 Å². The highest BCUT2D eigenvalue weighted by Gasteiger charge is 2.30. The summed E-state index contributed by atoms with van der Waals surface area (Å²) in [7, 11) is 0. The van der Waals surface area contributed by atoms with Gasteiger partial charge in [0.15, 0.2) is 5.65 Å². The van der Waals surface area contributed by atoms with E-state index < -0.39 is 17.6 Å². The van der Waals surface area contributed by atoms with Crippen LogP contribution in [0.4, 0.5) is 17.6 Å². The molecule has 0 bridgehead atoms. The highest BCUT2D eigenvalue weighted by Crippen LogP contribution is 2.29. The lowest BCUT2D eigenvalue weighted by molar-refractivity contribution is -0.137. The summed E-state index contributed by atoms with van der Waals surface area (Å²) in [5.74, 6) is -1.03. The molecule has 170 valence electrons. The Hall–Kier alpha value is -4.02. The Morgan fingerprint density at radius 2 is 1.85 bits per heavy atom. The number of hydrogen-bond acceptors (Lipinski definition) is 4. The molecular formula is C22H17F4N5O2. The molecule has 0 radical (unpaired) electrons. The van der Waals surface area contributed by atoms with Crippen LogP contribution in [-0.4, -0.2) is 31.8 Å². The summed E-state index contributed by atoms with van der Waals surface area (Å²) in [5, 5.41) is 6.93. The first-order valence-electron chi connectivity index (χ1n) is 9.83. The molecule has 0 aliphatic heterocycles. The number of fused-ring (bicyclic) bond motifs is 1. The van der Waals surface area contributed by atoms with Gasteiger partial charge in [-0.15, -0.1) is 0 Å². The van der Waals surface area contributed by atoms with Crippen LogP contribution >= 0.6 is 0 Å².